The van der Waals surface area contributed by atoms with Crippen molar-refractivity contribution in [1.29, 1.82) is 0 Å². The molecule has 1 N–H and O–H groups in total. The van der Waals surface area contributed by atoms with Gasteiger partial charge in [-0.25, -0.2) is 0 Å². The molecule has 0 bridgehead atoms. The molecule has 0 aliphatic rings. The number of hydrogen-bond donors (Lipinski definition) is 1. The second-order valence-corrected chi connectivity index (χ2v) is 6.58. The van der Waals surface area contributed by atoms with E-state index in [-0.39, 0.29) is 0 Å². The molecule has 1 aromatic rings. The minimum absolute atomic E-state index is 0.330. The van der Waals surface area contributed by atoms with Gasteiger partial charge in [0.2, 0.25) is 0 Å². The summed E-state index contributed by atoms with van der Waals surface area (Å²) in [6.07, 6.45) is 1.17. The fourth-order valence-electron chi connectivity index (χ4n) is 1.95. The first-order valence-corrected chi connectivity index (χ1v) is 6.99. The molecular weight excluding hydrogens is 309 g/mol. The van der Waals surface area contributed by atoms with Crippen LogP contribution in [0.15, 0.2) is 24.3 Å². The van der Waals surface area contributed by atoms with Gasteiger partial charge >= 0.3 is 0 Å². The molecular formula is C14H22IN. The van der Waals surface area contributed by atoms with Crippen molar-refractivity contribution < 1.29 is 0 Å². The molecule has 0 aromatic heterocycles. The summed E-state index contributed by atoms with van der Waals surface area (Å²) >= 11 is 2.36. The van der Waals surface area contributed by atoms with E-state index in [1.807, 2.05) is 0 Å². The molecule has 1 aromatic carbocycles. The molecule has 0 radical (unpaired) electrons. The monoisotopic (exact) mass is 331 g/mol. The molecule has 0 aliphatic heterocycles. The topological polar surface area (TPSA) is 12.0 Å². The Morgan fingerprint density at radius 3 is 2.50 bits per heavy atom. The fraction of sp³-hybridized carbons (Fsp3) is 0.571. The van der Waals surface area contributed by atoms with E-state index in [0.29, 0.717) is 11.5 Å². The molecule has 0 unspecified atom stereocenters. The highest BCUT2D eigenvalue weighted by atomic mass is 127. The normalized spacial score (nSPS) is 13.8. The molecule has 0 fully saturated rings. The average molecular weight is 331 g/mol. The summed E-state index contributed by atoms with van der Waals surface area (Å²) in [5.74, 6) is 0. The van der Waals surface area contributed by atoms with E-state index < -0.39 is 0 Å². The van der Waals surface area contributed by atoms with Crippen LogP contribution >= 0.6 is 22.6 Å². The van der Waals surface area contributed by atoms with Gasteiger partial charge in [-0.05, 0) is 52.1 Å². The van der Waals surface area contributed by atoms with Gasteiger partial charge in [-0.2, -0.15) is 0 Å². The predicted octanol–water partition coefficient (Wildman–Crippen LogP) is 4.21. The lowest BCUT2D eigenvalue weighted by Crippen LogP contribution is -2.39. The fourth-order valence-corrected chi connectivity index (χ4v) is 2.56. The Kier molecular flexibility index (Phi) is 5.25. The van der Waals surface area contributed by atoms with Gasteiger partial charge in [0.05, 0.1) is 0 Å². The van der Waals surface area contributed by atoms with Crippen molar-refractivity contribution in [1.82, 2.24) is 5.32 Å². The van der Waals surface area contributed by atoms with E-state index in [4.69, 9.17) is 0 Å². The van der Waals surface area contributed by atoms with E-state index in [1.165, 1.54) is 15.6 Å². The van der Waals surface area contributed by atoms with Crippen molar-refractivity contribution in [3.63, 3.8) is 0 Å². The Balaban J connectivity index is 2.56. The van der Waals surface area contributed by atoms with E-state index in [2.05, 4.69) is 79.9 Å². The summed E-state index contributed by atoms with van der Waals surface area (Å²) in [7, 11) is 0. The van der Waals surface area contributed by atoms with Gasteiger partial charge in [0, 0.05) is 16.2 Å². The third-order valence-electron chi connectivity index (χ3n) is 2.90. The number of nitrogens with one attached hydrogen (secondary N) is 1. The van der Waals surface area contributed by atoms with Gasteiger partial charge in [0.1, 0.15) is 0 Å². The second kappa shape index (κ2) is 6.01. The van der Waals surface area contributed by atoms with Crippen molar-refractivity contribution >= 4 is 22.6 Å². The van der Waals surface area contributed by atoms with Crippen molar-refractivity contribution in [3.05, 3.63) is 33.4 Å². The maximum absolute atomic E-state index is 3.65. The summed E-state index contributed by atoms with van der Waals surface area (Å²) in [5, 5.41) is 3.65. The van der Waals surface area contributed by atoms with E-state index in [1.54, 1.807) is 0 Å². The largest absolute Gasteiger partial charge is 0.309 e. The Labute approximate surface area is 113 Å². The highest BCUT2D eigenvalue weighted by molar-refractivity contribution is 14.1. The van der Waals surface area contributed by atoms with Crippen molar-refractivity contribution in [3.8, 4) is 0 Å². The van der Waals surface area contributed by atoms with Crippen LogP contribution in [-0.2, 0) is 6.54 Å². The number of rotatable bonds is 4. The van der Waals surface area contributed by atoms with E-state index >= 15 is 0 Å². The summed E-state index contributed by atoms with van der Waals surface area (Å²) in [4.78, 5) is 0. The summed E-state index contributed by atoms with van der Waals surface area (Å²) in [6.45, 7) is 10.1. The van der Waals surface area contributed by atoms with Crippen molar-refractivity contribution in [2.24, 2.45) is 5.41 Å². The molecule has 0 saturated heterocycles. The lowest BCUT2D eigenvalue weighted by Gasteiger charge is -2.30. The first kappa shape index (κ1) is 14.0. The SMILES string of the molecule is CC[C@H](NCc1cccc(I)c1)C(C)(C)C. The van der Waals surface area contributed by atoms with Crippen LogP contribution in [-0.4, -0.2) is 6.04 Å². The molecule has 90 valence electrons. The van der Waals surface area contributed by atoms with Gasteiger partial charge < -0.3 is 5.32 Å². The quantitative estimate of drug-likeness (QED) is 0.815. The van der Waals surface area contributed by atoms with Crippen LogP contribution in [0.5, 0.6) is 0 Å². The lowest BCUT2D eigenvalue weighted by molar-refractivity contribution is 0.259. The first-order valence-electron chi connectivity index (χ1n) is 5.91. The molecule has 0 spiro atoms. The minimum Gasteiger partial charge on any atom is -0.309 e. The molecule has 0 heterocycles. The molecule has 0 saturated carbocycles. The second-order valence-electron chi connectivity index (χ2n) is 5.34. The molecule has 16 heavy (non-hydrogen) atoms. The van der Waals surface area contributed by atoms with Crippen LogP contribution < -0.4 is 5.32 Å². The van der Waals surface area contributed by atoms with Crippen LogP contribution in [0.2, 0.25) is 0 Å². The average Bonchev–Trinajstić information content (AvgIpc) is 2.16. The van der Waals surface area contributed by atoms with Crippen LogP contribution in [0, 0.1) is 8.99 Å². The number of hydrogen-bond acceptors (Lipinski definition) is 1. The molecule has 1 atom stereocenters. The summed E-state index contributed by atoms with van der Waals surface area (Å²) in [6, 6.07) is 9.25. The molecule has 1 rings (SSSR count). The Hall–Kier alpha value is -0.0900. The van der Waals surface area contributed by atoms with Gasteiger partial charge in [0.25, 0.3) is 0 Å². The van der Waals surface area contributed by atoms with Crippen molar-refractivity contribution in [2.75, 3.05) is 0 Å². The van der Waals surface area contributed by atoms with E-state index in [0.717, 1.165) is 6.54 Å². The van der Waals surface area contributed by atoms with E-state index in [9.17, 15) is 0 Å². The van der Waals surface area contributed by atoms with Crippen molar-refractivity contribution in [2.45, 2.75) is 46.7 Å². The van der Waals surface area contributed by atoms with Gasteiger partial charge in [-0.3, -0.25) is 0 Å². The summed E-state index contributed by atoms with van der Waals surface area (Å²) in [5.41, 5.74) is 1.70. The highest BCUT2D eigenvalue weighted by Gasteiger charge is 2.21. The Bertz CT molecular complexity index is 328. The first-order chi connectivity index (χ1) is 7.43. The van der Waals surface area contributed by atoms with Crippen LogP contribution in [0.1, 0.15) is 39.7 Å². The molecule has 2 heteroatoms. The van der Waals surface area contributed by atoms with Crippen LogP contribution in [0.4, 0.5) is 0 Å². The third-order valence-corrected chi connectivity index (χ3v) is 3.57. The van der Waals surface area contributed by atoms with Gasteiger partial charge in [0.15, 0.2) is 0 Å². The maximum atomic E-state index is 3.65. The minimum atomic E-state index is 0.330. The predicted molar refractivity (Wildman–Crippen MR) is 79.5 cm³/mol. The molecule has 0 amide bonds. The zero-order chi connectivity index (χ0) is 12.2. The lowest BCUT2D eigenvalue weighted by atomic mass is 9.85. The van der Waals surface area contributed by atoms with Gasteiger partial charge in [-0.1, -0.05) is 39.8 Å². The highest BCUT2D eigenvalue weighted by Crippen LogP contribution is 2.22. The van der Waals surface area contributed by atoms with Gasteiger partial charge in [-0.15, -0.1) is 0 Å². The third kappa shape index (κ3) is 4.42. The van der Waals surface area contributed by atoms with Crippen LogP contribution in [0.3, 0.4) is 0 Å². The molecule has 0 aliphatic carbocycles. The smallest absolute Gasteiger partial charge is 0.0208 e. The Morgan fingerprint density at radius 2 is 2.00 bits per heavy atom. The summed E-state index contributed by atoms with van der Waals surface area (Å²) < 4.78 is 1.31. The zero-order valence-corrected chi connectivity index (χ0v) is 12.8. The Morgan fingerprint density at radius 1 is 1.31 bits per heavy atom. The van der Waals surface area contributed by atoms with Crippen LogP contribution in [0.25, 0.3) is 0 Å². The standard InChI is InChI=1S/C14H22IN/c1-5-13(14(2,3)4)16-10-11-7-6-8-12(15)9-11/h6-9,13,16H,5,10H2,1-4H3/t13-/m0/s1. The molecule has 1 nitrogen and oxygen atoms in total. The maximum Gasteiger partial charge on any atom is 0.0208 e. The number of benzene rings is 1. The number of halogens is 1. The zero-order valence-electron chi connectivity index (χ0n) is 10.7.